The predicted molar refractivity (Wildman–Crippen MR) is 91.6 cm³/mol. The van der Waals surface area contributed by atoms with Gasteiger partial charge in [0.05, 0.1) is 17.4 Å². The molecule has 1 saturated heterocycles. The van der Waals surface area contributed by atoms with Crippen molar-refractivity contribution >= 4 is 24.2 Å². The van der Waals surface area contributed by atoms with E-state index in [1.807, 2.05) is 0 Å². The van der Waals surface area contributed by atoms with Crippen LogP contribution >= 0.6 is 12.4 Å². The molecule has 0 spiro atoms. The standard InChI is InChI=1S/C17H16F3N3O3.ClH/c18-17(19,20)13-4-5-21-11-12(13)15(24)22-6-2-7-23(9-8-22)16(25)14-3-1-10-26-14;/h1,3-5,10-11H,2,6-9H2;1H. The molecule has 1 aliphatic rings. The molecule has 0 radical (unpaired) electrons. The van der Waals surface area contributed by atoms with Gasteiger partial charge in [0.15, 0.2) is 5.76 Å². The molecule has 3 heterocycles. The van der Waals surface area contributed by atoms with Crippen LogP contribution in [0.2, 0.25) is 0 Å². The summed E-state index contributed by atoms with van der Waals surface area (Å²) in [5, 5.41) is 0. The first kappa shape index (κ1) is 20.8. The zero-order valence-corrected chi connectivity index (χ0v) is 14.9. The van der Waals surface area contributed by atoms with Crippen molar-refractivity contribution in [1.29, 1.82) is 0 Å². The van der Waals surface area contributed by atoms with E-state index in [-0.39, 0.29) is 43.7 Å². The third-order valence-electron chi connectivity index (χ3n) is 4.16. The van der Waals surface area contributed by atoms with Gasteiger partial charge < -0.3 is 14.2 Å². The van der Waals surface area contributed by atoms with Crippen molar-refractivity contribution in [3.8, 4) is 0 Å². The molecular weight excluding hydrogens is 387 g/mol. The number of halogens is 4. The normalized spacial score (nSPS) is 15.1. The van der Waals surface area contributed by atoms with E-state index in [1.54, 1.807) is 12.1 Å². The van der Waals surface area contributed by atoms with Gasteiger partial charge in [0.1, 0.15) is 0 Å². The van der Waals surface area contributed by atoms with Crippen molar-refractivity contribution < 1.29 is 27.2 Å². The summed E-state index contributed by atoms with van der Waals surface area (Å²) in [7, 11) is 0. The highest BCUT2D eigenvalue weighted by Crippen LogP contribution is 2.32. The van der Waals surface area contributed by atoms with Crippen LogP contribution in [0, 0.1) is 0 Å². The highest BCUT2D eigenvalue weighted by Gasteiger charge is 2.36. The van der Waals surface area contributed by atoms with Crippen LogP contribution in [0.4, 0.5) is 13.2 Å². The van der Waals surface area contributed by atoms with E-state index >= 15 is 0 Å². The lowest BCUT2D eigenvalue weighted by atomic mass is 10.1. The van der Waals surface area contributed by atoms with Gasteiger partial charge in [-0.1, -0.05) is 0 Å². The van der Waals surface area contributed by atoms with E-state index in [2.05, 4.69) is 4.98 Å². The molecule has 0 unspecified atom stereocenters. The van der Waals surface area contributed by atoms with Gasteiger partial charge >= 0.3 is 6.18 Å². The van der Waals surface area contributed by atoms with E-state index in [0.717, 1.165) is 18.5 Å². The summed E-state index contributed by atoms with van der Waals surface area (Å²) >= 11 is 0. The van der Waals surface area contributed by atoms with Gasteiger partial charge in [-0.2, -0.15) is 13.2 Å². The van der Waals surface area contributed by atoms with Crippen LogP contribution in [-0.4, -0.2) is 52.8 Å². The molecular formula is C17H17ClF3N3O3. The van der Waals surface area contributed by atoms with Crippen LogP contribution in [0.5, 0.6) is 0 Å². The van der Waals surface area contributed by atoms with Crippen molar-refractivity contribution in [3.05, 3.63) is 53.7 Å². The largest absolute Gasteiger partial charge is 0.459 e. The summed E-state index contributed by atoms with van der Waals surface area (Å²) in [6.07, 6.45) is -0.851. The molecule has 27 heavy (non-hydrogen) atoms. The lowest BCUT2D eigenvalue weighted by molar-refractivity contribution is -0.138. The predicted octanol–water partition coefficient (Wildman–Crippen LogP) is 3.10. The van der Waals surface area contributed by atoms with Crippen molar-refractivity contribution in [2.45, 2.75) is 12.6 Å². The molecule has 0 atom stereocenters. The highest BCUT2D eigenvalue weighted by molar-refractivity contribution is 5.96. The van der Waals surface area contributed by atoms with Gasteiger partial charge in [0.25, 0.3) is 11.8 Å². The fraction of sp³-hybridized carbons (Fsp3) is 0.353. The van der Waals surface area contributed by atoms with E-state index in [0.29, 0.717) is 13.0 Å². The van der Waals surface area contributed by atoms with Crippen LogP contribution in [0.15, 0.2) is 41.3 Å². The van der Waals surface area contributed by atoms with Crippen LogP contribution in [-0.2, 0) is 6.18 Å². The number of hydrogen-bond acceptors (Lipinski definition) is 4. The number of aromatic nitrogens is 1. The third-order valence-corrected chi connectivity index (χ3v) is 4.16. The summed E-state index contributed by atoms with van der Waals surface area (Å²) in [6, 6.07) is 3.93. The Labute approximate surface area is 159 Å². The van der Waals surface area contributed by atoms with E-state index in [9.17, 15) is 22.8 Å². The molecule has 0 bridgehead atoms. The number of hydrogen-bond donors (Lipinski definition) is 0. The van der Waals surface area contributed by atoms with Crippen molar-refractivity contribution in [3.63, 3.8) is 0 Å². The highest BCUT2D eigenvalue weighted by atomic mass is 35.5. The maximum Gasteiger partial charge on any atom is 0.417 e. The maximum atomic E-state index is 13.1. The Balaban J connectivity index is 0.00000261. The number of pyridine rings is 1. The first-order valence-electron chi connectivity index (χ1n) is 8.01. The molecule has 6 nitrogen and oxygen atoms in total. The Hall–Kier alpha value is -2.55. The molecule has 10 heteroatoms. The van der Waals surface area contributed by atoms with Gasteiger partial charge in [-0.05, 0) is 24.6 Å². The minimum absolute atomic E-state index is 0. The first-order valence-corrected chi connectivity index (χ1v) is 8.01. The number of furan rings is 1. The Morgan fingerprint density at radius 1 is 1.04 bits per heavy atom. The van der Waals surface area contributed by atoms with Crippen molar-refractivity contribution in [2.75, 3.05) is 26.2 Å². The SMILES string of the molecule is Cl.O=C(c1ccco1)N1CCCN(C(=O)c2cnccc2C(F)(F)F)CC1. The number of alkyl halides is 3. The van der Waals surface area contributed by atoms with Gasteiger partial charge in [-0.3, -0.25) is 14.6 Å². The lowest BCUT2D eigenvalue weighted by Gasteiger charge is -2.23. The van der Waals surface area contributed by atoms with E-state index < -0.39 is 23.2 Å². The lowest BCUT2D eigenvalue weighted by Crippen LogP contribution is -2.38. The maximum absolute atomic E-state index is 13.1. The smallest absolute Gasteiger partial charge is 0.417 e. The molecule has 0 saturated carbocycles. The molecule has 1 fully saturated rings. The molecule has 1 aliphatic heterocycles. The topological polar surface area (TPSA) is 66.7 Å². The van der Waals surface area contributed by atoms with Crippen LogP contribution < -0.4 is 0 Å². The zero-order valence-electron chi connectivity index (χ0n) is 14.1. The van der Waals surface area contributed by atoms with Crippen LogP contribution in [0.3, 0.4) is 0 Å². The number of nitrogens with zero attached hydrogens (tertiary/aromatic N) is 3. The summed E-state index contributed by atoms with van der Waals surface area (Å²) in [5.74, 6) is -0.851. The van der Waals surface area contributed by atoms with E-state index in [1.165, 1.54) is 16.1 Å². The molecule has 3 rings (SSSR count). The van der Waals surface area contributed by atoms with Gasteiger partial charge in [0.2, 0.25) is 0 Å². The first-order chi connectivity index (χ1) is 12.4. The van der Waals surface area contributed by atoms with Crippen LogP contribution in [0.25, 0.3) is 0 Å². The summed E-state index contributed by atoms with van der Waals surface area (Å²) in [5.41, 5.74) is -1.49. The summed E-state index contributed by atoms with van der Waals surface area (Å²) in [4.78, 5) is 31.4. The fourth-order valence-corrected chi connectivity index (χ4v) is 2.86. The fourth-order valence-electron chi connectivity index (χ4n) is 2.86. The van der Waals surface area contributed by atoms with E-state index in [4.69, 9.17) is 4.42 Å². The Kier molecular flexibility index (Phi) is 6.48. The summed E-state index contributed by atoms with van der Waals surface area (Å²) < 4.78 is 44.4. The number of carbonyl (C=O) groups excluding carboxylic acids is 2. The van der Waals surface area contributed by atoms with Gasteiger partial charge in [0, 0.05) is 38.6 Å². The molecule has 0 N–H and O–H groups in total. The molecule has 2 aromatic heterocycles. The monoisotopic (exact) mass is 403 g/mol. The number of amides is 2. The number of carbonyl (C=O) groups is 2. The van der Waals surface area contributed by atoms with Crippen molar-refractivity contribution in [2.24, 2.45) is 0 Å². The van der Waals surface area contributed by atoms with Gasteiger partial charge in [-0.15, -0.1) is 12.4 Å². The van der Waals surface area contributed by atoms with Gasteiger partial charge in [-0.25, -0.2) is 0 Å². The number of rotatable bonds is 2. The molecule has 0 aliphatic carbocycles. The quantitative estimate of drug-likeness (QED) is 0.772. The average Bonchev–Trinajstić information content (AvgIpc) is 3.04. The second-order valence-electron chi connectivity index (χ2n) is 5.83. The molecule has 2 aromatic rings. The Bertz CT molecular complexity index is 796. The minimum Gasteiger partial charge on any atom is -0.459 e. The van der Waals surface area contributed by atoms with Crippen molar-refractivity contribution in [1.82, 2.24) is 14.8 Å². The Morgan fingerprint density at radius 2 is 1.70 bits per heavy atom. The Morgan fingerprint density at radius 3 is 2.30 bits per heavy atom. The van der Waals surface area contributed by atoms with Crippen LogP contribution in [0.1, 0.15) is 32.9 Å². The molecule has 0 aromatic carbocycles. The second kappa shape index (κ2) is 8.43. The molecule has 2 amide bonds. The summed E-state index contributed by atoms with van der Waals surface area (Å²) in [6.45, 7) is 1.000. The average molecular weight is 404 g/mol. The third kappa shape index (κ3) is 4.60. The second-order valence-corrected chi connectivity index (χ2v) is 5.83. The minimum atomic E-state index is -4.64. The zero-order chi connectivity index (χ0) is 18.7. The molecule has 146 valence electrons.